The summed E-state index contributed by atoms with van der Waals surface area (Å²) >= 11 is 5.97. The van der Waals surface area contributed by atoms with Crippen molar-refractivity contribution in [2.75, 3.05) is 12.3 Å². The zero-order valence-corrected chi connectivity index (χ0v) is 11.4. The fourth-order valence-electron chi connectivity index (χ4n) is 1.67. The number of halogens is 1. The van der Waals surface area contributed by atoms with Crippen LogP contribution in [0.1, 0.15) is 30.6 Å². The smallest absolute Gasteiger partial charge is 0.253 e. The Bertz CT molecular complexity index is 421. The van der Waals surface area contributed by atoms with Gasteiger partial charge in [-0.1, -0.05) is 25.4 Å². The number of nitrogen functional groups attached to an aromatic ring is 1. The molecular formula is C13H19ClN2O2. The molecule has 0 saturated carbocycles. The molecule has 0 aliphatic heterocycles. The largest absolute Gasteiger partial charge is 0.399 e. The number of benzene rings is 1. The molecule has 0 radical (unpaired) electrons. The van der Waals surface area contributed by atoms with Crippen LogP contribution < -0.4 is 11.1 Å². The van der Waals surface area contributed by atoms with Crippen LogP contribution >= 0.6 is 11.6 Å². The standard InChI is InChI=1S/C13H19ClN2O2/c1-8(2)12(5-6-17)16-13(18)10-7-9(15)3-4-11(10)14/h3-4,7-8,12,17H,5-6,15H2,1-2H3,(H,16,18). The maximum absolute atomic E-state index is 12.1. The highest BCUT2D eigenvalue weighted by Gasteiger charge is 2.18. The van der Waals surface area contributed by atoms with Crippen molar-refractivity contribution < 1.29 is 9.90 Å². The van der Waals surface area contributed by atoms with Crippen LogP contribution in [0.3, 0.4) is 0 Å². The minimum atomic E-state index is -0.264. The second-order valence-corrected chi connectivity index (χ2v) is 4.98. The molecule has 0 aliphatic carbocycles. The third-order valence-electron chi connectivity index (χ3n) is 2.80. The Kier molecular flexibility index (Phi) is 5.44. The number of nitrogens with one attached hydrogen (secondary N) is 1. The first-order valence-corrected chi connectivity index (χ1v) is 6.30. The highest BCUT2D eigenvalue weighted by molar-refractivity contribution is 6.34. The van der Waals surface area contributed by atoms with E-state index in [0.29, 0.717) is 22.7 Å². The molecule has 4 nitrogen and oxygen atoms in total. The summed E-state index contributed by atoms with van der Waals surface area (Å²) in [5, 5.41) is 12.2. The molecule has 100 valence electrons. The molecule has 0 saturated heterocycles. The Hall–Kier alpha value is -1.26. The van der Waals surface area contributed by atoms with E-state index < -0.39 is 0 Å². The minimum Gasteiger partial charge on any atom is -0.399 e. The van der Waals surface area contributed by atoms with Crippen LogP contribution in [0.5, 0.6) is 0 Å². The van der Waals surface area contributed by atoms with Crippen LogP contribution in [0.25, 0.3) is 0 Å². The zero-order chi connectivity index (χ0) is 13.7. The molecule has 0 heterocycles. The monoisotopic (exact) mass is 270 g/mol. The molecule has 1 aromatic carbocycles. The predicted octanol–water partition coefficient (Wildman–Crippen LogP) is 2.06. The van der Waals surface area contributed by atoms with E-state index >= 15 is 0 Å². The summed E-state index contributed by atoms with van der Waals surface area (Å²) in [6, 6.07) is 4.71. The van der Waals surface area contributed by atoms with Crippen LogP contribution in [-0.4, -0.2) is 23.7 Å². The lowest BCUT2D eigenvalue weighted by Crippen LogP contribution is -2.39. The van der Waals surface area contributed by atoms with Gasteiger partial charge in [0.05, 0.1) is 10.6 Å². The summed E-state index contributed by atoms with van der Waals surface area (Å²) in [4.78, 5) is 12.1. The van der Waals surface area contributed by atoms with E-state index in [1.54, 1.807) is 18.2 Å². The molecule has 0 spiro atoms. The van der Waals surface area contributed by atoms with Crippen molar-refractivity contribution in [1.29, 1.82) is 0 Å². The normalized spacial score (nSPS) is 12.5. The van der Waals surface area contributed by atoms with Crippen LogP contribution in [0, 0.1) is 5.92 Å². The highest BCUT2D eigenvalue weighted by atomic mass is 35.5. The third-order valence-corrected chi connectivity index (χ3v) is 3.13. The maximum atomic E-state index is 12.1. The number of carbonyl (C=O) groups is 1. The topological polar surface area (TPSA) is 75.3 Å². The van der Waals surface area contributed by atoms with Gasteiger partial charge in [-0.05, 0) is 30.5 Å². The molecular weight excluding hydrogens is 252 g/mol. The average Bonchev–Trinajstić information content (AvgIpc) is 2.31. The van der Waals surface area contributed by atoms with Gasteiger partial charge >= 0.3 is 0 Å². The molecule has 0 bridgehead atoms. The van der Waals surface area contributed by atoms with Gasteiger partial charge in [0.2, 0.25) is 0 Å². The van der Waals surface area contributed by atoms with Gasteiger partial charge in [0.1, 0.15) is 0 Å². The van der Waals surface area contributed by atoms with Crippen molar-refractivity contribution in [3.05, 3.63) is 28.8 Å². The summed E-state index contributed by atoms with van der Waals surface area (Å²) in [5.74, 6) is -0.0274. The Morgan fingerprint density at radius 2 is 2.17 bits per heavy atom. The summed E-state index contributed by atoms with van der Waals surface area (Å²) in [6.07, 6.45) is 0.517. The van der Waals surface area contributed by atoms with E-state index in [4.69, 9.17) is 22.4 Å². The summed E-state index contributed by atoms with van der Waals surface area (Å²) in [7, 11) is 0. The maximum Gasteiger partial charge on any atom is 0.253 e. The molecule has 0 fully saturated rings. The molecule has 1 rings (SSSR count). The summed E-state index contributed by atoms with van der Waals surface area (Å²) in [6.45, 7) is 4.01. The van der Waals surface area contributed by atoms with Crippen LogP contribution in [-0.2, 0) is 0 Å². The van der Waals surface area contributed by atoms with E-state index in [1.165, 1.54) is 0 Å². The first-order chi connectivity index (χ1) is 8.45. The molecule has 1 unspecified atom stereocenters. The average molecular weight is 271 g/mol. The number of amides is 1. The molecule has 1 amide bonds. The molecule has 1 atom stereocenters. The molecule has 18 heavy (non-hydrogen) atoms. The number of anilines is 1. The number of hydrogen-bond acceptors (Lipinski definition) is 3. The summed E-state index contributed by atoms with van der Waals surface area (Å²) < 4.78 is 0. The number of hydrogen-bond donors (Lipinski definition) is 3. The first-order valence-electron chi connectivity index (χ1n) is 5.92. The molecule has 1 aromatic rings. The van der Waals surface area contributed by atoms with Crippen molar-refractivity contribution in [3.63, 3.8) is 0 Å². The Morgan fingerprint density at radius 3 is 2.72 bits per heavy atom. The van der Waals surface area contributed by atoms with Gasteiger partial charge < -0.3 is 16.2 Å². The van der Waals surface area contributed by atoms with Crippen molar-refractivity contribution in [2.45, 2.75) is 26.3 Å². The number of carbonyl (C=O) groups excluding carboxylic acids is 1. The van der Waals surface area contributed by atoms with E-state index in [0.717, 1.165) is 0 Å². The third kappa shape index (κ3) is 3.89. The molecule has 4 N–H and O–H groups in total. The lowest BCUT2D eigenvalue weighted by atomic mass is 10.0. The lowest BCUT2D eigenvalue weighted by Gasteiger charge is -2.21. The van der Waals surface area contributed by atoms with Crippen LogP contribution in [0.15, 0.2) is 18.2 Å². The van der Waals surface area contributed by atoms with E-state index in [1.807, 2.05) is 13.8 Å². The number of aliphatic hydroxyl groups is 1. The number of rotatable bonds is 5. The first kappa shape index (κ1) is 14.8. The Labute approximate surface area is 112 Å². The van der Waals surface area contributed by atoms with Gasteiger partial charge in [0.25, 0.3) is 5.91 Å². The molecule has 5 heteroatoms. The lowest BCUT2D eigenvalue weighted by molar-refractivity contribution is 0.0917. The van der Waals surface area contributed by atoms with Gasteiger partial charge in [0, 0.05) is 18.3 Å². The van der Waals surface area contributed by atoms with Crippen molar-refractivity contribution in [2.24, 2.45) is 5.92 Å². The fraction of sp³-hybridized carbons (Fsp3) is 0.462. The van der Waals surface area contributed by atoms with Gasteiger partial charge in [-0.3, -0.25) is 4.79 Å². The van der Waals surface area contributed by atoms with Crippen molar-refractivity contribution in [1.82, 2.24) is 5.32 Å². The second kappa shape index (κ2) is 6.61. The van der Waals surface area contributed by atoms with Crippen molar-refractivity contribution >= 4 is 23.2 Å². The van der Waals surface area contributed by atoms with Crippen molar-refractivity contribution in [3.8, 4) is 0 Å². The zero-order valence-electron chi connectivity index (χ0n) is 10.6. The van der Waals surface area contributed by atoms with E-state index in [2.05, 4.69) is 5.32 Å². The molecule has 0 aromatic heterocycles. The van der Waals surface area contributed by atoms with Gasteiger partial charge in [-0.2, -0.15) is 0 Å². The second-order valence-electron chi connectivity index (χ2n) is 4.58. The van der Waals surface area contributed by atoms with Gasteiger partial charge in [-0.15, -0.1) is 0 Å². The van der Waals surface area contributed by atoms with Gasteiger partial charge in [0.15, 0.2) is 0 Å². The Morgan fingerprint density at radius 1 is 1.50 bits per heavy atom. The van der Waals surface area contributed by atoms with Crippen LogP contribution in [0.4, 0.5) is 5.69 Å². The minimum absolute atomic E-state index is 0.0355. The van der Waals surface area contributed by atoms with Crippen LogP contribution in [0.2, 0.25) is 5.02 Å². The number of nitrogens with two attached hydrogens (primary N) is 1. The Balaban J connectivity index is 2.83. The predicted molar refractivity (Wildman–Crippen MR) is 73.7 cm³/mol. The van der Waals surface area contributed by atoms with E-state index in [9.17, 15) is 4.79 Å². The van der Waals surface area contributed by atoms with Gasteiger partial charge in [-0.25, -0.2) is 0 Å². The summed E-state index contributed by atoms with van der Waals surface area (Å²) in [5.41, 5.74) is 6.49. The highest BCUT2D eigenvalue weighted by Crippen LogP contribution is 2.19. The quantitative estimate of drug-likeness (QED) is 0.717. The molecule has 0 aliphatic rings. The van der Waals surface area contributed by atoms with E-state index in [-0.39, 0.29) is 24.5 Å². The SMILES string of the molecule is CC(C)C(CCO)NC(=O)c1cc(N)ccc1Cl. The number of aliphatic hydroxyl groups excluding tert-OH is 1. The fourth-order valence-corrected chi connectivity index (χ4v) is 1.88.